The van der Waals surface area contributed by atoms with E-state index in [1.165, 1.54) is 4.90 Å². The molecule has 0 aliphatic rings. The van der Waals surface area contributed by atoms with E-state index in [1.54, 1.807) is 25.1 Å². The van der Waals surface area contributed by atoms with Gasteiger partial charge in [0, 0.05) is 30.6 Å². The Hall–Kier alpha value is -0.660. The molecule has 0 amide bonds. The van der Waals surface area contributed by atoms with Gasteiger partial charge in [-0.05, 0) is 25.0 Å². The molecule has 21 heavy (non-hydrogen) atoms. The second-order valence-corrected chi connectivity index (χ2v) is 5.60. The monoisotopic (exact) mass is 315 g/mol. The molecule has 0 aromatic carbocycles. The summed E-state index contributed by atoms with van der Waals surface area (Å²) in [5, 5.41) is 9.18. The smallest absolute Gasteiger partial charge is 0.0856 e. The van der Waals surface area contributed by atoms with Crippen molar-refractivity contribution in [1.82, 2.24) is 4.98 Å². The van der Waals surface area contributed by atoms with Gasteiger partial charge in [-0.3, -0.25) is 4.98 Å². The third kappa shape index (κ3) is 7.78. The molecule has 1 rings (SSSR count). The number of hydrogen-bond acceptors (Lipinski definition) is 6. The van der Waals surface area contributed by atoms with E-state index in [0.29, 0.717) is 26.4 Å². The molecule has 0 atom stereocenters. The van der Waals surface area contributed by atoms with Crippen molar-refractivity contribution < 1.29 is 19.3 Å². The number of rotatable bonds is 12. The number of thioether (sulfide) groups is 1. The van der Waals surface area contributed by atoms with Gasteiger partial charge >= 0.3 is 0 Å². The molecule has 0 aliphatic carbocycles. The minimum Gasteiger partial charge on any atom is -0.390 e. The van der Waals surface area contributed by atoms with Crippen LogP contribution in [0.2, 0.25) is 0 Å². The lowest BCUT2D eigenvalue weighted by Crippen LogP contribution is -2.09. The minimum atomic E-state index is -0.00752. The predicted octanol–water partition coefficient (Wildman–Crippen LogP) is 2.04. The van der Waals surface area contributed by atoms with Crippen molar-refractivity contribution in [1.29, 1.82) is 0 Å². The summed E-state index contributed by atoms with van der Waals surface area (Å²) in [6.07, 6.45) is 2.73. The van der Waals surface area contributed by atoms with Crippen LogP contribution in [-0.4, -0.2) is 56.0 Å². The maximum Gasteiger partial charge on any atom is 0.0856 e. The lowest BCUT2D eigenvalue weighted by Gasteiger charge is -2.09. The maximum absolute atomic E-state index is 9.18. The van der Waals surface area contributed by atoms with Crippen molar-refractivity contribution in [3.63, 3.8) is 0 Å². The zero-order valence-electron chi connectivity index (χ0n) is 12.8. The lowest BCUT2D eigenvalue weighted by atomic mass is 10.2. The van der Waals surface area contributed by atoms with Gasteiger partial charge in [-0.15, -0.1) is 11.8 Å². The highest BCUT2D eigenvalue weighted by molar-refractivity contribution is 7.99. The number of aliphatic hydroxyl groups excluding tert-OH is 1. The maximum atomic E-state index is 9.18. The summed E-state index contributed by atoms with van der Waals surface area (Å²) in [4.78, 5) is 5.32. The fourth-order valence-electron chi connectivity index (χ4n) is 1.68. The molecular formula is C15H25NO4S. The van der Waals surface area contributed by atoms with Crippen molar-refractivity contribution in [2.45, 2.75) is 24.8 Å². The van der Waals surface area contributed by atoms with Crippen molar-refractivity contribution in [2.75, 3.05) is 45.9 Å². The minimum absolute atomic E-state index is 0.00752. The van der Waals surface area contributed by atoms with Crippen LogP contribution in [-0.2, 0) is 20.8 Å². The summed E-state index contributed by atoms with van der Waals surface area (Å²) >= 11 is 1.77. The van der Waals surface area contributed by atoms with E-state index in [1.807, 2.05) is 13.0 Å². The first-order chi connectivity index (χ1) is 10.3. The number of pyridine rings is 1. The molecule has 5 nitrogen and oxygen atoms in total. The Morgan fingerprint density at radius 1 is 1.14 bits per heavy atom. The van der Waals surface area contributed by atoms with Gasteiger partial charge in [-0.1, -0.05) is 0 Å². The fourth-order valence-corrected chi connectivity index (χ4v) is 2.66. The van der Waals surface area contributed by atoms with Gasteiger partial charge in [0.25, 0.3) is 0 Å². The number of methoxy groups -OCH3 is 1. The first kappa shape index (κ1) is 18.4. The van der Waals surface area contributed by atoms with Crippen LogP contribution < -0.4 is 0 Å². The average molecular weight is 315 g/mol. The van der Waals surface area contributed by atoms with Crippen LogP contribution in [0.3, 0.4) is 0 Å². The normalized spacial score (nSPS) is 11.0. The third-order valence-corrected chi connectivity index (χ3v) is 4.15. The first-order valence-corrected chi connectivity index (χ1v) is 8.10. The van der Waals surface area contributed by atoms with Gasteiger partial charge in [0.1, 0.15) is 0 Å². The molecule has 6 heteroatoms. The molecule has 0 fully saturated rings. The lowest BCUT2D eigenvalue weighted by molar-refractivity contribution is 0.0252. The molecule has 0 unspecified atom stereocenters. The largest absolute Gasteiger partial charge is 0.390 e. The molecule has 120 valence electrons. The Morgan fingerprint density at radius 3 is 2.57 bits per heavy atom. The van der Waals surface area contributed by atoms with E-state index in [4.69, 9.17) is 14.2 Å². The molecule has 0 aliphatic heterocycles. The van der Waals surface area contributed by atoms with Gasteiger partial charge < -0.3 is 19.3 Å². The van der Waals surface area contributed by atoms with Crippen LogP contribution in [0.4, 0.5) is 0 Å². The second-order valence-electron chi connectivity index (χ2n) is 4.46. The molecule has 1 aromatic rings. The predicted molar refractivity (Wildman–Crippen MR) is 83.8 cm³/mol. The van der Waals surface area contributed by atoms with Crippen LogP contribution in [0, 0.1) is 6.92 Å². The van der Waals surface area contributed by atoms with Crippen LogP contribution in [0.5, 0.6) is 0 Å². The molecule has 0 bridgehead atoms. The standard InChI is InChI=1S/C15H25NO4S/c1-13-14(12-17)16-5-4-15(13)21-11-3-6-19-9-10-20-8-7-18-2/h4-5,17H,3,6-12H2,1-2H3. The summed E-state index contributed by atoms with van der Waals surface area (Å²) in [7, 11) is 1.66. The molecular weight excluding hydrogens is 290 g/mol. The molecule has 0 spiro atoms. The Morgan fingerprint density at radius 2 is 1.86 bits per heavy atom. The molecule has 1 aromatic heterocycles. The van der Waals surface area contributed by atoms with E-state index >= 15 is 0 Å². The zero-order chi connectivity index (χ0) is 15.3. The molecule has 0 radical (unpaired) electrons. The van der Waals surface area contributed by atoms with Crippen LogP contribution in [0.15, 0.2) is 17.2 Å². The molecule has 0 saturated carbocycles. The van der Waals surface area contributed by atoms with Crippen molar-refractivity contribution >= 4 is 11.8 Å². The average Bonchev–Trinajstić information content (AvgIpc) is 2.50. The first-order valence-electron chi connectivity index (χ1n) is 7.12. The van der Waals surface area contributed by atoms with E-state index in [2.05, 4.69) is 4.98 Å². The van der Waals surface area contributed by atoms with Crippen molar-refractivity contribution in [2.24, 2.45) is 0 Å². The highest BCUT2D eigenvalue weighted by Crippen LogP contribution is 2.24. The van der Waals surface area contributed by atoms with E-state index in [9.17, 15) is 5.11 Å². The molecule has 0 saturated heterocycles. The second kappa shape index (κ2) is 11.9. The molecule has 1 N–H and O–H groups in total. The number of ether oxygens (including phenoxy) is 3. The van der Waals surface area contributed by atoms with Gasteiger partial charge in [-0.2, -0.15) is 0 Å². The highest BCUT2D eigenvalue weighted by atomic mass is 32.2. The van der Waals surface area contributed by atoms with Gasteiger partial charge in [-0.25, -0.2) is 0 Å². The van der Waals surface area contributed by atoms with Crippen LogP contribution >= 0.6 is 11.8 Å². The van der Waals surface area contributed by atoms with Gasteiger partial charge in [0.05, 0.1) is 38.7 Å². The van der Waals surface area contributed by atoms with E-state index in [0.717, 1.165) is 30.0 Å². The van der Waals surface area contributed by atoms with Crippen LogP contribution in [0.25, 0.3) is 0 Å². The van der Waals surface area contributed by atoms with E-state index in [-0.39, 0.29) is 6.61 Å². The quantitative estimate of drug-likeness (QED) is 0.470. The van der Waals surface area contributed by atoms with E-state index < -0.39 is 0 Å². The Kier molecular flexibility index (Phi) is 10.5. The Labute approximate surface area is 131 Å². The number of aliphatic hydroxyl groups is 1. The number of aromatic nitrogens is 1. The topological polar surface area (TPSA) is 60.8 Å². The summed E-state index contributed by atoms with van der Waals surface area (Å²) in [6, 6.07) is 1.99. The SMILES string of the molecule is COCCOCCOCCCSc1ccnc(CO)c1C. The fraction of sp³-hybridized carbons (Fsp3) is 0.667. The van der Waals surface area contributed by atoms with Crippen LogP contribution in [0.1, 0.15) is 17.7 Å². The Balaban J connectivity index is 2.04. The Bertz CT molecular complexity index is 390. The van der Waals surface area contributed by atoms with Gasteiger partial charge in [0.2, 0.25) is 0 Å². The van der Waals surface area contributed by atoms with Crippen molar-refractivity contribution in [3.05, 3.63) is 23.5 Å². The summed E-state index contributed by atoms with van der Waals surface area (Å²) in [6.45, 7) is 5.19. The summed E-state index contributed by atoms with van der Waals surface area (Å²) in [5.41, 5.74) is 1.82. The summed E-state index contributed by atoms with van der Waals surface area (Å²) in [5.74, 6) is 0.986. The van der Waals surface area contributed by atoms with Gasteiger partial charge in [0.15, 0.2) is 0 Å². The third-order valence-electron chi connectivity index (χ3n) is 2.90. The van der Waals surface area contributed by atoms with Crippen molar-refractivity contribution in [3.8, 4) is 0 Å². The highest BCUT2D eigenvalue weighted by Gasteiger charge is 2.04. The molecule has 1 heterocycles. The zero-order valence-corrected chi connectivity index (χ0v) is 13.7. The summed E-state index contributed by atoms with van der Waals surface area (Å²) < 4.78 is 15.7. The number of nitrogens with zero attached hydrogens (tertiary/aromatic N) is 1. The number of hydrogen-bond donors (Lipinski definition) is 1.